The van der Waals surface area contributed by atoms with Crippen LogP contribution in [0.2, 0.25) is 0 Å². The molecular weight excluding hydrogens is 404 g/mol. The van der Waals surface area contributed by atoms with E-state index in [9.17, 15) is 4.79 Å². The molecule has 0 aliphatic rings. The zero-order chi connectivity index (χ0) is 15.1. The van der Waals surface area contributed by atoms with Gasteiger partial charge in [-0.2, -0.15) is 0 Å². The summed E-state index contributed by atoms with van der Waals surface area (Å²) in [5.41, 5.74) is 0.756. The van der Waals surface area contributed by atoms with Gasteiger partial charge in [0.1, 0.15) is 0 Å². The zero-order valence-corrected chi connectivity index (χ0v) is 16.3. The van der Waals surface area contributed by atoms with Gasteiger partial charge in [-0.05, 0) is 70.9 Å². The standard InChI is InChI=1S/C14H22Br2N2OS/c1-4-17(5-2)8-7-9-18(6-3)14(19)11-10-12(15)20-13(11)16/h10H,4-9H2,1-3H3. The summed E-state index contributed by atoms with van der Waals surface area (Å²) in [5, 5.41) is 0. The van der Waals surface area contributed by atoms with Crippen LogP contribution in [0.3, 0.4) is 0 Å². The molecule has 0 N–H and O–H groups in total. The van der Waals surface area contributed by atoms with Crippen molar-refractivity contribution in [1.82, 2.24) is 9.80 Å². The van der Waals surface area contributed by atoms with Crippen LogP contribution in [-0.2, 0) is 0 Å². The number of amides is 1. The van der Waals surface area contributed by atoms with Crippen molar-refractivity contribution in [2.45, 2.75) is 27.2 Å². The number of carbonyl (C=O) groups excluding carboxylic acids is 1. The van der Waals surface area contributed by atoms with Crippen LogP contribution in [0.25, 0.3) is 0 Å². The van der Waals surface area contributed by atoms with E-state index in [2.05, 4.69) is 50.6 Å². The van der Waals surface area contributed by atoms with E-state index in [1.54, 1.807) is 0 Å². The molecule has 1 aromatic rings. The summed E-state index contributed by atoms with van der Waals surface area (Å²) < 4.78 is 1.88. The second kappa shape index (κ2) is 9.18. The van der Waals surface area contributed by atoms with Crippen molar-refractivity contribution < 1.29 is 4.79 Å². The van der Waals surface area contributed by atoms with Gasteiger partial charge in [-0.3, -0.25) is 4.79 Å². The van der Waals surface area contributed by atoms with E-state index in [-0.39, 0.29) is 5.91 Å². The maximum Gasteiger partial charge on any atom is 0.255 e. The number of carbonyl (C=O) groups is 1. The number of halogens is 2. The molecule has 114 valence electrons. The first kappa shape index (κ1) is 18.1. The molecule has 0 saturated heterocycles. The topological polar surface area (TPSA) is 23.6 Å². The van der Waals surface area contributed by atoms with Gasteiger partial charge in [0, 0.05) is 13.1 Å². The van der Waals surface area contributed by atoms with Crippen molar-refractivity contribution in [2.24, 2.45) is 0 Å². The summed E-state index contributed by atoms with van der Waals surface area (Å²) in [6.07, 6.45) is 1.02. The molecule has 20 heavy (non-hydrogen) atoms. The van der Waals surface area contributed by atoms with Gasteiger partial charge >= 0.3 is 0 Å². The largest absolute Gasteiger partial charge is 0.339 e. The van der Waals surface area contributed by atoms with E-state index in [0.29, 0.717) is 0 Å². The van der Waals surface area contributed by atoms with Crippen LogP contribution in [0.15, 0.2) is 13.6 Å². The molecule has 1 heterocycles. The van der Waals surface area contributed by atoms with Crippen molar-refractivity contribution in [3.63, 3.8) is 0 Å². The fourth-order valence-electron chi connectivity index (χ4n) is 2.08. The predicted octanol–water partition coefficient (Wildman–Crippen LogP) is 4.47. The minimum Gasteiger partial charge on any atom is -0.339 e. The van der Waals surface area contributed by atoms with Crippen molar-refractivity contribution in [2.75, 3.05) is 32.7 Å². The molecule has 3 nitrogen and oxygen atoms in total. The van der Waals surface area contributed by atoms with E-state index >= 15 is 0 Å². The van der Waals surface area contributed by atoms with E-state index in [0.717, 1.165) is 52.3 Å². The van der Waals surface area contributed by atoms with Gasteiger partial charge in [0.2, 0.25) is 0 Å². The smallest absolute Gasteiger partial charge is 0.255 e. The maximum absolute atomic E-state index is 12.5. The minimum absolute atomic E-state index is 0.112. The van der Waals surface area contributed by atoms with Gasteiger partial charge in [-0.15, -0.1) is 11.3 Å². The Balaban J connectivity index is 2.58. The predicted molar refractivity (Wildman–Crippen MR) is 93.7 cm³/mol. The Bertz CT molecular complexity index is 433. The summed E-state index contributed by atoms with van der Waals surface area (Å²) in [5.74, 6) is 0.112. The van der Waals surface area contributed by atoms with Crippen molar-refractivity contribution in [3.8, 4) is 0 Å². The normalized spacial score (nSPS) is 11.1. The Morgan fingerprint density at radius 3 is 2.25 bits per heavy atom. The van der Waals surface area contributed by atoms with Crippen LogP contribution >= 0.6 is 43.2 Å². The van der Waals surface area contributed by atoms with E-state index in [1.807, 2.05) is 17.9 Å². The number of nitrogens with zero attached hydrogens (tertiary/aromatic N) is 2. The molecule has 0 atom stereocenters. The van der Waals surface area contributed by atoms with Crippen LogP contribution in [0, 0.1) is 0 Å². The average molecular weight is 426 g/mol. The van der Waals surface area contributed by atoms with Crippen LogP contribution in [0.5, 0.6) is 0 Å². The molecule has 0 aliphatic carbocycles. The van der Waals surface area contributed by atoms with Crippen LogP contribution < -0.4 is 0 Å². The molecule has 1 rings (SSSR count). The summed E-state index contributed by atoms with van der Waals surface area (Å²) in [4.78, 5) is 16.8. The highest BCUT2D eigenvalue weighted by atomic mass is 79.9. The summed E-state index contributed by atoms with van der Waals surface area (Å²) in [7, 11) is 0. The van der Waals surface area contributed by atoms with Gasteiger partial charge in [-0.25, -0.2) is 0 Å². The zero-order valence-electron chi connectivity index (χ0n) is 12.3. The highest BCUT2D eigenvalue weighted by Crippen LogP contribution is 2.32. The number of thiophene rings is 1. The van der Waals surface area contributed by atoms with Crippen LogP contribution in [0.1, 0.15) is 37.6 Å². The lowest BCUT2D eigenvalue weighted by molar-refractivity contribution is 0.0757. The number of hydrogen-bond acceptors (Lipinski definition) is 3. The Labute approximate surface area is 142 Å². The van der Waals surface area contributed by atoms with Crippen molar-refractivity contribution >= 4 is 49.1 Å². The monoisotopic (exact) mass is 424 g/mol. The van der Waals surface area contributed by atoms with Crippen LogP contribution in [0.4, 0.5) is 0 Å². The van der Waals surface area contributed by atoms with Gasteiger partial charge in [0.15, 0.2) is 0 Å². The molecule has 0 bridgehead atoms. The number of rotatable bonds is 8. The summed E-state index contributed by atoms with van der Waals surface area (Å²) in [6, 6.07) is 1.89. The molecule has 0 aromatic carbocycles. The fourth-order valence-corrected chi connectivity index (χ4v) is 4.86. The molecule has 0 unspecified atom stereocenters. The Kier molecular flexibility index (Phi) is 8.32. The quantitative estimate of drug-likeness (QED) is 0.613. The van der Waals surface area contributed by atoms with Gasteiger partial charge in [-0.1, -0.05) is 13.8 Å². The lowest BCUT2D eigenvalue weighted by Gasteiger charge is -2.23. The first-order valence-electron chi connectivity index (χ1n) is 6.99. The van der Waals surface area contributed by atoms with E-state index < -0.39 is 0 Å². The number of hydrogen-bond donors (Lipinski definition) is 0. The fraction of sp³-hybridized carbons (Fsp3) is 0.643. The van der Waals surface area contributed by atoms with Gasteiger partial charge in [0.05, 0.1) is 13.1 Å². The molecule has 0 radical (unpaired) electrons. The molecule has 0 saturated carbocycles. The average Bonchev–Trinajstić information content (AvgIpc) is 2.77. The Morgan fingerprint density at radius 2 is 1.80 bits per heavy atom. The molecule has 1 aromatic heterocycles. The van der Waals surface area contributed by atoms with E-state index in [1.165, 1.54) is 11.3 Å². The first-order chi connectivity index (χ1) is 9.53. The summed E-state index contributed by atoms with van der Waals surface area (Å²) >= 11 is 8.42. The van der Waals surface area contributed by atoms with Gasteiger partial charge < -0.3 is 9.80 Å². The second-order valence-corrected chi connectivity index (χ2v) is 8.25. The lowest BCUT2D eigenvalue weighted by atomic mass is 10.2. The molecule has 0 aliphatic heterocycles. The SMILES string of the molecule is CCN(CC)CCCN(CC)C(=O)c1cc(Br)sc1Br. The summed E-state index contributed by atoms with van der Waals surface area (Å²) in [6.45, 7) is 11.1. The third-order valence-corrected chi connectivity index (χ3v) is 5.69. The van der Waals surface area contributed by atoms with Crippen molar-refractivity contribution in [1.29, 1.82) is 0 Å². The molecular formula is C14H22Br2N2OS. The van der Waals surface area contributed by atoms with Crippen LogP contribution in [-0.4, -0.2) is 48.4 Å². The molecule has 6 heteroatoms. The third kappa shape index (κ3) is 5.13. The Morgan fingerprint density at radius 1 is 1.15 bits per heavy atom. The first-order valence-corrected chi connectivity index (χ1v) is 9.40. The third-order valence-electron chi connectivity index (χ3n) is 3.35. The second-order valence-electron chi connectivity index (χ2n) is 4.50. The Hall–Kier alpha value is 0.0900. The van der Waals surface area contributed by atoms with E-state index in [4.69, 9.17) is 0 Å². The highest BCUT2D eigenvalue weighted by molar-refractivity contribution is 9.12. The highest BCUT2D eigenvalue weighted by Gasteiger charge is 2.19. The molecule has 1 amide bonds. The molecule has 0 spiro atoms. The minimum atomic E-state index is 0.112. The maximum atomic E-state index is 12.5. The van der Waals surface area contributed by atoms with Crippen molar-refractivity contribution in [3.05, 3.63) is 19.2 Å². The lowest BCUT2D eigenvalue weighted by Crippen LogP contribution is -2.34. The molecule has 0 fully saturated rings. The van der Waals surface area contributed by atoms with Gasteiger partial charge in [0.25, 0.3) is 5.91 Å².